The summed E-state index contributed by atoms with van der Waals surface area (Å²) in [5, 5.41) is 2.83. The molecule has 0 radical (unpaired) electrons. The summed E-state index contributed by atoms with van der Waals surface area (Å²) in [4.78, 5) is 51.8. The van der Waals surface area contributed by atoms with Crippen LogP contribution in [0, 0.1) is 11.8 Å². The number of anilines is 1. The average Bonchev–Trinajstić information content (AvgIpc) is 3.03. The predicted molar refractivity (Wildman–Crippen MR) is 116 cm³/mol. The van der Waals surface area contributed by atoms with Crippen LogP contribution < -0.4 is 5.32 Å². The van der Waals surface area contributed by atoms with Crippen LogP contribution in [0.3, 0.4) is 0 Å². The van der Waals surface area contributed by atoms with Crippen molar-refractivity contribution in [3.63, 3.8) is 0 Å². The number of benzene rings is 1. The second kappa shape index (κ2) is 9.62. The Bertz CT molecular complexity index is 843. The maximum Gasteiger partial charge on any atom is 0.329 e. The van der Waals surface area contributed by atoms with Crippen molar-refractivity contribution < 1.29 is 23.9 Å². The third-order valence-corrected chi connectivity index (χ3v) is 6.63. The van der Waals surface area contributed by atoms with Gasteiger partial charge in [0.05, 0.1) is 11.8 Å². The number of hydrogen-bond acceptors (Lipinski definition) is 5. The van der Waals surface area contributed by atoms with Gasteiger partial charge < -0.3 is 10.1 Å². The van der Waals surface area contributed by atoms with E-state index in [1.165, 1.54) is 13.8 Å². The molecule has 1 N–H and O–H groups in total. The number of imide groups is 1. The van der Waals surface area contributed by atoms with Gasteiger partial charge in [0.2, 0.25) is 11.8 Å². The first kappa shape index (κ1) is 23.0. The van der Waals surface area contributed by atoms with Crippen LogP contribution in [0.2, 0.25) is 0 Å². The summed E-state index contributed by atoms with van der Waals surface area (Å²) < 4.78 is 5.34. The van der Waals surface area contributed by atoms with Gasteiger partial charge in [0.15, 0.2) is 6.10 Å². The standard InChI is InChI=1S/C24H32N2O5/c1-5-14(2)17-10-8-9-13-20(17)25-21(27)16(4)31-24(30)15(3)26-22(28)18-11-6-7-12-19(18)23(26)29/h8-10,13-16,18-19H,5-7,11-12H2,1-4H3,(H,25,27)/t14?,15-,16?,18?,19?/m0/s1. The van der Waals surface area contributed by atoms with Gasteiger partial charge in [-0.1, -0.05) is 44.9 Å². The second-order valence-electron chi connectivity index (χ2n) is 8.68. The van der Waals surface area contributed by atoms with Crippen molar-refractivity contribution in [3.05, 3.63) is 29.8 Å². The monoisotopic (exact) mass is 428 g/mol. The molecule has 1 aliphatic carbocycles. The molecule has 3 rings (SSSR count). The number of carbonyl (C=O) groups excluding carboxylic acids is 4. The van der Waals surface area contributed by atoms with E-state index in [1.54, 1.807) is 0 Å². The molecule has 1 aromatic carbocycles. The molecule has 1 saturated carbocycles. The van der Waals surface area contributed by atoms with Gasteiger partial charge >= 0.3 is 5.97 Å². The van der Waals surface area contributed by atoms with Gasteiger partial charge in [-0.2, -0.15) is 0 Å². The molecule has 1 aliphatic heterocycles. The molecule has 1 aromatic rings. The van der Waals surface area contributed by atoms with Crippen LogP contribution in [0.5, 0.6) is 0 Å². The summed E-state index contributed by atoms with van der Waals surface area (Å²) in [6.45, 7) is 7.13. The van der Waals surface area contributed by atoms with E-state index in [2.05, 4.69) is 19.2 Å². The Balaban J connectivity index is 1.63. The molecule has 168 valence electrons. The van der Waals surface area contributed by atoms with Crippen molar-refractivity contribution in [2.75, 3.05) is 5.32 Å². The molecule has 0 bridgehead atoms. The van der Waals surface area contributed by atoms with E-state index >= 15 is 0 Å². The van der Waals surface area contributed by atoms with E-state index in [1.807, 2.05) is 24.3 Å². The fourth-order valence-electron chi connectivity index (χ4n) is 4.50. The van der Waals surface area contributed by atoms with Crippen LogP contribution in [-0.2, 0) is 23.9 Å². The highest BCUT2D eigenvalue weighted by Gasteiger charge is 2.51. The number of likely N-dealkylation sites (tertiary alicyclic amines) is 1. The minimum Gasteiger partial charge on any atom is -0.451 e. The smallest absolute Gasteiger partial charge is 0.329 e. The zero-order chi connectivity index (χ0) is 22.7. The number of esters is 1. The number of fused-ring (bicyclic) bond motifs is 1. The average molecular weight is 429 g/mol. The van der Waals surface area contributed by atoms with E-state index in [9.17, 15) is 19.2 Å². The number of nitrogens with one attached hydrogen (secondary N) is 1. The molecule has 7 nitrogen and oxygen atoms in total. The molecule has 2 aliphatic rings. The van der Waals surface area contributed by atoms with Crippen LogP contribution in [0.4, 0.5) is 5.69 Å². The Kier molecular flexibility index (Phi) is 7.13. The largest absolute Gasteiger partial charge is 0.451 e. The van der Waals surface area contributed by atoms with Gasteiger partial charge in [-0.25, -0.2) is 4.79 Å². The lowest BCUT2D eigenvalue weighted by atomic mass is 9.81. The van der Waals surface area contributed by atoms with E-state index in [0.29, 0.717) is 18.5 Å². The minimum absolute atomic E-state index is 0.269. The molecule has 4 unspecified atom stereocenters. The van der Waals surface area contributed by atoms with E-state index in [4.69, 9.17) is 4.74 Å². The summed E-state index contributed by atoms with van der Waals surface area (Å²) in [7, 11) is 0. The second-order valence-corrected chi connectivity index (χ2v) is 8.68. The number of amides is 3. The highest BCUT2D eigenvalue weighted by atomic mass is 16.5. The van der Waals surface area contributed by atoms with Crippen LogP contribution in [-0.4, -0.2) is 40.7 Å². The molecule has 1 heterocycles. The van der Waals surface area contributed by atoms with Gasteiger partial charge in [-0.15, -0.1) is 0 Å². The summed E-state index contributed by atoms with van der Waals surface area (Å²) in [5.41, 5.74) is 1.70. The zero-order valence-corrected chi connectivity index (χ0v) is 18.7. The first-order chi connectivity index (χ1) is 14.8. The molecule has 0 aromatic heterocycles. The molecular formula is C24H32N2O5. The Morgan fingerprint density at radius 2 is 1.65 bits per heavy atom. The van der Waals surface area contributed by atoms with E-state index in [0.717, 1.165) is 29.7 Å². The molecule has 2 fully saturated rings. The highest BCUT2D eigenvalue weighted by Crippen LogP contribution is 2.39. The molecule has 5 atom stereocenters. The fraction of sp³-hybridized carbons (Fsp3) is 0.583. The van der Waals surface area contributed by atoms with Crippen molar-refractivity contribution in [1.29, 1.82) is 0 Å². The SMILES string of the molecule is CCC(C)c1ccccc1NC(=O)C(C)OC(=O)[C@H](C)N1C(=O)C2CCCCC2C1=O. The fourth-order valence-corrected chi connectivity index (χ4v) is 4.50. The van der Waals surface area contributed by atoms with Crippen molar-refractivity contribution in [1.82, 2.24) is 4.90 Å². The first-order valence-corrected chi connectivity index (χ1v) is 11.2. The number of nitrogens with zero attached hydrogens (tertiary/aromatic N) is 1. The van der Waals surface area contributed by atoms with Gasteiger partial charge in [0, 0.05) is 5.69 Å². The maximum atomic E-state index is 12.7. The molecule has 31 heavy (non-hydrogen) atoms. The van der Waals surface area contributed by atoms with Crippen LogP contribution >= 0.6 is 0 Å². The topological polar surface area (TPSA) is 92.8 Å². The molecular weight excluding hydrogens is 396 g/mol. The van der Waals surface area contributed by atoms with Gasteiger partial charge in [-0.3, -0.25) is 19.3 Å². The first-order valence-electron chi connectivity index (χ1n) is 11.2. The normalized spacial score (nSPS) is 23.7. The zero-order valence-electron chi connectivity index (χ0n) is 18.7. The van der Waals surface area contributed by atoms with Crippen molar-refractivity contribution >= 4 is 29.4 Å². The number of para-hydroxylation sites is 1. The van der Waals surface area contributed by atoms with Crippen LogP contribution in [0.25, 0.3) is 0 Å². The van der Waals surface area contributed by atoms with E-state index in [-0.39, 0.29) is 29.6 Å². The van der Waals surface area contributed by atoms with Gasteiger partial charge in [0.1, 0.15) is 6.04 Å². The molecule has 3 amide bonds. The van der Waals surface area contributed by atoms with Gasteiger partial charge in [-0.05, 0) is 50.7 Å². The van der Waals surface area contributed by atoms with Crippen LogP contribution in [0.15, 0.2) is 24.3 Å². The van der Waals surface area contributed by atoms with Crippen molar-refractivity contribution in [3.8, 4) is 0 Å². The predicted octanol–water partition coefficient (Wildman–Crippen LogP) is 3.63. The molecule has 0 spiro atoms. The Morgan fingerprint density at radius 3 is 2.23 bits per heavy atom. The van der Waals surface area contributed by atoms with Crippen molar-refractivity contribution in [2.45, 2.75) is 77.9 Å². The minimum atomic E-state index is -1.06. The molecule has 1 saturated heterocycles. The number of rotatable bonds is 7. The lowest BCUT2D eigenvalue weighted by molar-refractivity contribution is -0.163. The Labute approximate surface area is 183 Å². The third-order valence-electron chi connectivity index (χ3n) is 6.63. The molecule has 7 heteroatoms. The number of carbonyl (C=O) groups is 4. The Hall–Kier alpha value is -2.70. The summed E-state index contributed by atoms with van der Waals surface area (Å²) >= 11 is 0. The van der Waals surface area contributed by atoms with Gasteiger partial charge in [0.25, 0.3) is 5.91 Å². The number of ether oxygens (including phenoxy) is 1. The Morgan fingerprint density at radius 1 is 1.06 bits per heavy atom. The summed E-state index contributed by atoms with van der Waals surface area (Å²) in [6.07, 6.45) is 3.07. The lowest BCUT2D eigenvalue weighted by Crippen LogP contribution is -2.46. The maximum absolute atomic E-state index is 12.7. The quantitative estimate of drug-likeness (QED) is 0.529. The highest BCUT2D eigenvalue weighted by molar-refractivity contribution is 6.08. The third kappa shape index (κ3) is 4.65. The van der Waals surface area contributed by atoms with E-state index < -0.39 is 24.0 Å². The van der Waals surface area contributed by atoms with Crippen molar-refractivity contribution in [2.24, 2.45) is 11.8 Å². The number of hydrogen-bond donors (Lipinski definition) is 1. The van der Waals surface area contributed by atoms with Crippen LogP contribution in [0.1, 0.15) is 71.3 Å². The summed E-state index contributed by atoms with van der Waals surface area (Å²) in [6, 6.07) is 6.49. The summed E-state index contributed by atoms with van der Waals surface area (Å²) in [5.74, 6) is -2.17. The lowest BCUT2D eigenvalue weighted by Gasteiger charge is -2.23.